The van der Waals surface area contributed by atoms with Crippen molar-refractivity contribution in [3.05, 3.63) is 35.2 Å². The van der Waals surface area contributed by atoms with Gasteiger partial charge in [-0.15, -0.1) is 11.3 Å². The Labute approximate surface area is 119 Å². The summed E-state index contributed by atoms with van der Waals surface area (Å²) in [7, 11) is 0. The second kappa shape index (κ2) is 4.89. The number of fused-ring (bicyclic) bond motifs is 1. The SMILES string of the molecule is CC1(C)CN(Cc2cc3ccccc3s2)CCC1N. The molecule has 3 heteroatoms. The van der Waals surface area contributed by atoms with Crippen molar-refractivity contribution >= 4 is 21.4 Å². The zero-order chi connectivity index (χ0) is 13.5. The normalized spacial score (nSPS) is 23.8. The monoisotopic (exact) mass is 274 g/mol. The largest absolute Gasteiger partial charge is 0.327 e. The van der Waals surface area contributed by atoms with Gasteiger partial charge in [0.15, 0.2) is 0 Å². The Balaban J connectivity index is 1.74. The number of hydrogen-bond acceptors (Lipinski definition) is 3. The molecule has 0 aliphatic carbocycles. The van der Waals surface area contributed by atoms with E-state index < -0.39 is 0 Å². The Bertz CT molecular complexity index is 540. The molecule has 1 saturated heterocycles. The number of thiophene rings is 1. The number of likely N-dealkylation sites (tertiary alicyclic amines) is 1. The van der Waals surface area contributed by atoms with Crippen LogP contribution in [0.4, 0.5) is 0 Å². The maximum absolute atomic E-state index is 6.21. The summed E-state index contributed by atoms with van der Waals surface area (Å²) >= 11 is 1.92. The zero-order valence-electron chi connectivity index (χ0n) is 11.7. The summed E-state index contributed by atoms with van der Waals surface area (Å²) in [6.07, 6.45) is 1.11. The first-order valence-corrected chi connectivity index (χ1v) is 7.82. The van der Waals surface area contributed by atoms with E-state index in [1.807, 2.05) is 11.3 Å². The van der Waals surface area contributed by atoms with E-state index in [-0.39, 0.29) is 5.41 Å². The topological polar surface area (TPSA) is 29.3 Å². The highest BCUT2D eigenvalue weighted by atomic mass is 32.1. The summed E-state index contributed by atoms with van der Waals surface area (Å²) in [6.45, 7) is 7.86. The lowest BCUT2D eigenvalue weighted by Gasteiger charge is -2.42. The minimum atomic E-state index is 0.231. The highest BCUT2D eigenvalue weighted by molar-refractivity contribution is 7.19. The third-order valence-electron chi connectivity index (χ3n) is 4.25. The molecule has 0 spiro atoms. The van der Waals surface area contributed by atoms with Gasteiger partial charge in [0.05, 0.1) is 0 Å². The van der Waals surface area contributed by atoms with Crippen LogP contribution in [-0.2, 0) is 6.54 Å². The summed E-state index contributed by atoms with van der Waals surface area (Å²) in [5, 5.41) is 1.37. The van der Waals surface area contributed by atoms with Crippen molar-refractivity contribution in [1.82, 2.24) is 4.90 Å². The van der Waals surface area contributed by atoms with E-state index in [4.69, 9.17) is 5.73 Å². The van der Waals surface area contributed by atoms with Crippen molar-refractivity contribution < 1.29 is 0 Å². The summed E-state index contributed by atoms with van der Waals surface area (Å²) in [5.74, 6) is 0. The molecule has 2 N–H and O–H groups in total. The summed E-state index contributed by atoms with van der Waals surface area (Å²) in [5.41, 5.74) is 6.44. The van der Waals surface area contributed by atoms with Gasteiger partial charge in [0, 0.05) is 35.3 Å². The molecule has 1 aromatic carbocycles. The first kappa shape index (κ1) is 13.1. The molecular formula is C16H22N2S. The fourth-order valence-electron chi connectivity index (χ4n) is 2.96. The lowest BCUT2D eigenvalue weighted by Crippen LogP contribution is -2.51. The van der Waals surface area contributed by atoms with Crippen LogP contribution in [0.2, 0.25) is 0 Å². The molecule has 1 fully saturated rings. The number of nitrogens with two attached hydrogens (primary N) is 1. The fourth-order valence-corrected chi connectivity index (χ4v) is 4.06. The van der Waals surface area contributed by atoms with Crippen LogP contribution in [0.5, 0.6) is 0 Å². The molecule has 3 rings (SSSR count). The van der Waals surface area contributed by atoms with E-state index >= 15 is 0 Å². The van der Waals surface area contributed by atoms with Crippen molar-refractivity contribution in [3.8, 4) is 0 Å². The number of hydrogen-bond donors (Lipinski definition) is 1. The molecule has 0 radical (unpaired) electrons. The van der Waals surface area contributed by atoms with Gasteiger partial charge in [0.2, 0.25) is 0 Å². The van der Waals surface area contributed by atoms with Crippen LogP contribution in [0.25, 0.3) is 10.1 Å². The molecule has 19 heavy (non-hydrogen) atoms. The lowest BCUT2D eigenvalue weighted by molar-refractivity contribution is 0.0907. The number of nitrogens with zero attached hydrogens (tertiary/aromatic N) is 1. The van der Waals surface area contributed by atoms with Crippen LogP contribution >= 0.6 is 11.3 Å². The molecule has 1 aliphatic heterocycles. The highest BCUT2D eigenvalue weighted by Crippen LogP contribution is 2.31. The van der Waals surface area contributed by atoms with Gasteiger partial charge >= 0.3 is 0 Å². The van der Waals surface area contributed by atoms with Gasteiger partial charge in [-0.05, 0) is 29.4 Å². The summed E-state index contributed by atoms with van der Waals surface area (Å²) < 4.78 is 1.39. The maximum Gasteiger partial charge on any atom is 0.0346 e. The van der Waals surface area contributed by atoms with Gasteiger partial charge in [-0.25, -0.2) is 0 Å². The molecule has 102 valence electrons. The van der Waals surface area contributed by atoms with E-state index in [2.05, 4.69) is 49.1 Å². The van der Waals surface area contributed by atoms with E-state index in [0.29, 0.717) is 6.04 Å². The average molecular weight is 274 g/mol. The van der Waals surface area contributed by atoms with Gasteiger partial charge in [0.1, 0.15) is 0 Å². The van der Waals surface area contributed by atoms with E-state index in [9.17, 15) is 0 Å². The van der Waals surface area contributed by atoms with Gasteiger partial charge in [0.25, 0.3) is 0 Å². The highest BCUT2D eigenvalue weighted by Gasteiger charge is 2.33. The standard InChI is InChI=1S/C16H22N2S/c1-16(2)11-18(8-7-15(16)17)10-13-9-12-5-3-4-6-14(12)19-13/h3-6,9,15H,7-8,10-11,17H2,1-2H3. The van der Waals surface area contributed by atoms with Crippen LogP contribution in [0.1, 0.15) is 25.1 Å². The van der Waals surface area contributed by atoms with Gasteiger partial charge in [-0.3, -0.25) is 4.90 Å². The van der Waals surface area contributed by atoms with Crippen LogP contribution in [0, 0.1) is 5.41 Å². The molecule has 0 amide bonds. The molecule has 2 nitrogen and oxygen atoms in total. The Morgan fingerprint density at radius 2 is 2.16 bits per heavy atom. The molecule has 2 aromatic rings. The molecule has 2 heterocycles. The van der Waals surface area contributed by atoms with E-state index in [1.165, 1.54) is 15.0 Å². The number of piperidine rings is 1. The number of rotatable bonds is 2. The van der Waals surface area contributed by atoms with Crippen LogP contribution in [-0.4, -0.2) is 24.0 Å². The van der Waals surface area contributed by atoms with Crippen LogP contribution in [0.15, 0.2) is 30.3 Å². The fraction of sp³-hybridized carbons (Fsp3) is 0.500. The zero-order valence-corrected chi connectivity index (χ0v) is 12.5. The minimum absolute atomic E-state index is 0.231. The molecule has 0 saturated carbocycles. The van der Waals surface area contributed by atoms with Crippen LogP contribution in [0.3, 0.4) is 0 Å². The smallest absolute Gasteiger partial charge is 0.0346 e. The molecule has 1 unspecified atom stereocenters. The van der Waals surface area contributed by atoms with E-state index in [0.717, 1.165) is 26.1 Å². The number of benzene rings is 1. The average Bonchev–Trinajstić information content (AvgIpc) is 2.75. The third kappa shape index (κ3) is 2.69. The molecule has 1 atom stereocenters. The minimum Gasteiger partial charge on any atom is -0.327 e. The quantitative estimate of drug-likeness (QED) is 0.908. The predicted molar refractivity (Wildman–Crippen MR) is 83.5 cm³/mol. The van der Waals surface area contributed by atoms with Crippen molar-refractivity contribution in [1.29, 1.82) is 0 Å². The summed E-state index contributed by atoms with van der Waals surface area (Å²) in [6, 6.07) is 11.3. The molecule has 0 bridgehead atoms. The van der Waals surface area contributed by atoms with Crippen molar-refractivity contribution in [2.75, 3.05) is 13.1 Å². The van der Waals surface area contributed by atoms with Gasteiger partial charge in [-0.2, -0.15) is 0 Å². The van der Waals surface area contributed by atoms with Crippen molar-refractivity contribution in [2.45, 2.75) is 32.9 Å². The second-order valence-corrected chi connectivity index (χ2v) is 7.51. The van der Waals surface area contributed by atoms with Crippen molar-refractivity contribution in [2.24, 2.45) is 11.1 Å². The second-order valence-electron chi connectivity index (χ2n) is 6.34. The van der Waals surface area contributed by atoms with Gasteiger partial charge < -0.3 is 5.73 Å². The molecule has 1 aliphatic rings. The Hall–Kier alpha value is -0.900. The van der Waals surface area contributed by atoms with E-state index in [1.54, 1.807) is 0 Å². The first-order chi connectivity index (χ1) is 9.04. The molecule has 1 aromatic heterocycles. The van der Waals surface area contributed by atoms with Crippen molar-refractivity contribution in [3.63, 3.8) is 0 Å². The first-order valence-electron chi connectivity index (χ1n) is 7.00. The summed E-state index contributed by atoms with van der Waals surface area (Å²) in [4.78, 5) is 4.01. The Morgan fingerprint density at radius 3 is 2.89 bits per heavy atom. The van der Waals surface area contributed by atoms with Crippen LogP contribution < -0.4 is 5.73 Å². The van der Waals surface area contributed by atoms with Gasteiger partial charge in [-0.1, -0.05) is 32.0 Å². The third-order valence-corrected chi connectivity index (χ3v) is 5.35. The molecular weight excluding hydrogens is 252 g/mol. The Morgan fingerprint density at radius 1 is 1.37 bits per heavy atom. The Kier molecular flexibility index (Phi) is 3.37. The predicted octanol–water partition coefficient (Wildman–Crippen LogP) is 3.46. The lowest BCUT2D eigenvalue weighted by atomic mass is 9.80. The maximum atomic E-state index is 6.21.